The third-order valence-electron chi connectivity index (χ3n) is 5.51. The van der Waals surface area contributed by atoms with Gasteiger partial charge in [0.25, 0.3) is 11.5 Å². The number of fused-ring (bicyclic) bond motifs is 1. The van der Waals surface area contributed by atoms with Gasteiger partial charge < -0.3 is 4.90 Å². The number of likely N-dealkylation sites (tertiary alicyclic amines) is 1. The van der Waals surface area contributed by atoms with Gasteiger partial charge >= 0.3 is 5.69 Å². The van der Waals surface area contributed by atoms with Gasteiger partial charge in [-0.05, 0) is 44.4 Å². The number of benzene rings is 1. The molecule has 0 radical (unpaired) electrons. The average molecular weight is 378 g/mol. The Morgan fingerprint density at radius 1 is 1.14 bits per heavy atom. The van der Waals surface area contributed by atoms with Crippen molar-refractivity contribution in [3.05, 3.63) is 73.6 Å². The first kappa shape index (κ1) is 18.2. The number of hydrogen-bond acceptors (Lipinski definition) is 4. The molecule has 144 valence electrons. The van der Waals surface area contributed by atoms with E-state index in [0.717, 1.165) is 6.42 Å². The standard InChI is InChI=1S/C21H22N4O3/c1-11-4-6-14(7-5-11)15-9-13(3)25(10-15)20(27)16-8-12(2)17-18(22-16)23-21(28)24-19(17)26/h4-8,13,15H,9-10H2,1-3H3,(H2,22,23,24,26,28). The summed E-state index contributed by atoms with van der Waals surface area (Å²) >= 11 is 0. The van der Waals surface area contributed by atoms with E-state index in [1.807, 2.05) is 11.8 Å². The number of aromatic nitrogens is 3. The highest BCUT2D eigenvalue weighted by Crippen LogP contribution is 2.32. The highest BCUT2D eigenvalue weighted by molar-refractivity contribution is 5.95. The molecule has 1 aliphatic rings. The van der Waals surface area contributed by atoms with E-state index in [-0.39, 0.29) is 29.2 Å². The van der Waals surface area contributed by atoms with E-state index in [1.54, 1.807) is 13.0 Å². The molecule has 2 N–H and O–H groups in total. The molecule has 1 fully saturated rings. The molecule has 4 rings (SSSR count). The fraction of sp³-hybridized carbons (Fsp3) is 0.333. The maximum Gasteiger partial charge on any atom is 0.327 e. The van der Waals surface area contributed by atoms with E-state index in [2.05, 4.69) is 46.1 Å². The lowest BCUT2D eigenvalue weighted by Crippen LogP contribution is -2.35. The Hall–Kier alpha value is -3.22. The van der Waals surface area contributed by atoms with Gasteiger partial charge in [-0.15, -0.1) is 0 Å². The predicted octanol–water partition coefficient (Wildman–Crippen LogP) is 2.25. The first-order chi connectivity index (χ1) is 13.3. The number of pyridine rings is 1. The SMILES string of the molecule is Cc1ccc(C2CC(C)N(C(=O)c3cc(C)c4c(=O)[nH]c(=O)[nH]c4n3)C2)cc1. The summed E-state index contributed by atoms with van der Waals surface area (Å²) < 4.78 is 0. The summed E-state index contributed by atoms with van der Waals surface area (Å²) in [6, 6.07) is 10.1. The molecule has 1 saturated heterocycles. The van der Waals surface area contributed by atoms with Crippen LogP contribution >= 0.6 is 0 Å². The van der Waals surface area contributed by atoms with Gasteiger partial charge in [0.1, 0.15) is 11.3 Å². The lowest BCUT2D eigenvalue weighted by Gasteiger charge is -2.21. The predicted molar refractivity (Wildman–Crippen MR) is 107 cm³/mol. The normalized spacial score (nSPS) is 19.3. The van der Waals surface area contributed by atoms with Gasteiger partial charge in [-0.3, -0.25) is 19.6 Å². The zero-order valence-electron chi connectivity index (χ0n) is 16.1. The minimum atomic E-state index is -0.636. The van der Waals surface area contributed by atoms with Crippen molar-refractivity contribution in [1.82, 2.24) is 19.9 Å². The number of amides is 1. The van der Waals surface area contributed by atoms with Crippen LogP contribution in [-0.2, 0) is 0 Å². The summed E-state index contributed by atoms with van der Waals surface area (Å²) in [7, 11) is 0. The van der Waals surface area contributed by atoms with Crippen molar-refractivity contribution in [1.29, 1.82) is 0 Å². The topological polar surface area (TPSA) is 98.9 Å². The minimum absolute atomic E-state index is 0.0785. The van der Waals surface area contributed by atoms with Crippen LogP contribution in [0, 0.1) is 13.8 Å². The van der Waals surface area contributed by atoms with Gasteiger partial charge in [-0.2, -0.15) is 0 Å². The molecule has 1 aromatic carbocycles. The van der Waals surface area contributed by atoms with Crippen LogP contribution in [0.5, 0.6) is 0 Å². The van der Waals surface area contributed by atoms with Crippen molar-refractivity contribution in [2.24, 2.45) is 0 Å². The fourth-order valence-electron chi connectivity index (χ4n) is 4.00. The maximum absolute atomic E-state index is 13.1. The van der Waals surface area contributed by atoms with E-state index >= 15 is 0 Å². The largest absolute Gasteiger partial charge is 0.334 e. The van der Waals surface area contributed by atoms with E-state index in [0.29, 0.717) is 17.5 Å². The van der Waals surface area contributed by atoms with Crippen molar-refractivity contribution in [2.75, 3.05) is 6.54 Å². The second kappa shape index (κ2) is 6.74. The van der Waals surface area contributed by atoms with Crippen LogP contribution in [0.2, 0.25) is 0 Å². The molecule has 2 atom stereocenters. The summed E-state index contributed by atoms with van der Waals surface area (Å²) in [4.78, 5) is 47.6. The average Bonchev–Trinajstić information content (AvgIpc) is 3.02. The van der Waals surface area contributed by atoms with Crippen molar-refractivity contribution in [3.63, 3.8) is 0 Å². The second-order valence-electron chi connectivity index (χ2n) is 7.61. The molecule has 7 nitrogen and oxygen atoms in total. The van der Waals surface area contributed by atoms with E-state index in [1.165, 1.54) is 11.1 Å². The molecular formula is C21H22N4O3. The molecule has 0 bridgehead atoms. The summed E-state index contributed by atoms with van der Waals surface area (Å²) in [5.74, 6) is 0.0944. The molecule has 0 spiro atoms. The first-order valence-electron chi connectivity index (χ1n) is 9.35. The van der Waals surface area contributed by atoms with Gasteiger partial charge in [-0.25, -0.2) is 9.78 Å². The van der Waals surface area contributed by atoms with Crippen LogP contribution in [0.25, 0.3) is 11.0 Å². The Labute approximate surface area is 161 Å². The summed E-state index contributed by atoms with van der Waals surface area (Å²) in [6.45, 7) is 6.44. The number of rotatable bonds is 2. The molecule has 3 aromatic rings. The quantitative estimate of drug-likeness (QED) is 0.714. The van der Waals surface area contributed by atoms with Crippen LogP contribution in [-0.4, -0.2) is 38.3 Å². The molecule has 2 aromatic heterocycles. The number of carbonyl (C=O) groups excluding carboxylic acids is 1. The first-order valence-corrected chi connectivity index (χ1v) is 9.35. The molecule has 0 saturated carbocycles. The molecule has 7 heteroatoms. The van der Waals surface area contributed by atoms with Crippen LogP contribution in [0.3, 0.4) is 0 Å². The summed E-state index contributed by atoms with van der Waals surface area (Å²) in [6.07, 6.45) is 0.887. The third kappa shape index (κ3) is 3.13. The van der Waals surface area contributed by atoms with Crippen LogP contribution < -0.4 is 11.2 Å². The number of aromatic amines is 2. The Balaban J connectivity index is 1.66. The van der Waals surface area contributed by atoms with Gasteiger partial charge in [0.05, 0.1) is 5.39 Å². The lowest BCUT2D eigenvalue weighted by atomic mass is 9.96. The van der Waals surface area contributed by atoms with Gasteiger partial charge in [0.15, 0.2) is 0 Å². The summed E-state index contributed by atoms with van der Waals surface area (Å²) in [5, 5.41) is 0.295. The Kier molecular flexibility index (Phi) is 4.37. The number of carbonyl (C=O) groups is 1. The smallest absolute Gasteiger partial charge is 0.327 e. The summed E-state index contributed by atoms with van der Waals surface area (Å²) in [5.41, 5.74) is 2.28. The Bertz CT molecular complexity index is 1180. The molecular weight excluding hydrogens is 356 g/mol. The highest BCUT2D eigenvalue weighted by Gasteiger charge is 2.34. The molecule has 3 heterocycles. The van der Waals surface area contributed by atoms with Crippen molar-refractivity contribution < 1.29 is 4.79 Å². The van der Waals surface area contributed by atoms with Crippen LogP contribution in [0.1, 0.15) is 46.4 Å². The zero-order valence-corrected chi connectivity index (χ0v) is 16.1. The maximum atomic E-state index is 13.1. The lowest BCUT2D eigenvalue weighted by molar-refractivity contribution is 0.0740. The molecule has 2 unspecified atom stereocenters. The Morgan fingerprint density at radius 3 is 2.57 bits per heavy atom. The molecule has 1 aliphatic heterocycles. The van der Waals surface area contributed by atoms with Crippen molar-refractivity contribution >= 4 is 16.9 Å². The van der Waals surface area contributed by atoms with E-state index in [9.17, 15) is 14.4 Å². The number of H-pyrrole nitrogens is 2. The molecule has 28 heavy (non-hydrogen) atoms. The monoisotopic (exact) mass is 378 g/mol. The van der Waals surface area contributed by atoms with Crippen LogP contribution in [0.15, 0.2) is 39.9 Å². The van der Waals surface area contributed by atoms with Crippen molar-refractivity contribution in [2.45, 2.75) is 39.2 Å². The molecule has 1 amide bonds. The van der Waals surface area contributed by atoms with E-state index < -0.39 is 11.2 Å². The van der Waals surface area contributed by atoms with Gasteiger partial charge in [-0.1, -0.05) is 29.8 Å². The Morgan fingerprint density at radius 2 is 1.86 bits per heavy atom. The number of nitrogens with one attached hydrogen (secondary N) is 2. The zero-order chi connectivity index (χ0) is 20.0. The van der Waals surface area contributed by atoms with Gasteiger partial charge in [0, 0.05) is 18.5 Å². The number of nitrogens with zero attached hydrogens (tertiary/aromatic N) is 2. The van der Waals surface area contributed by atoms with Crippen LogP contribution in [0.4, 0.5) is 0 Å². The second-order valence-corrected chi connectivity index (χ2v) is 7.61. The highest BCUT2D eigenvalue weighted by atomic mass is 16.2. The number of aryl methyl sites for hydroxylation is 2. The molecule has 0 aliphatic carbocycles. The van der Waals surface area contributed by atoms with Crippen molar-refractivity contribution in [3.8, 4) is 0 Å². The third-order valence-corrected chi connectivity index (χ3v) is 5.51. The van der Waals surface area contributed by atoms with Gasteiger partial charge in [0.2, 0.25) is 0 Å². The fourth-order valence-corrected chi connectivity index (χ4v) is 4.00. The number of hydrogen-bond donors (Lipinski definition) is 2. The van der Waals surface area contributed by atoms with E-state index in [4.69, 9.17) is 0 Å². The minimum Gasteiger partial charge on any atom is -0.334 e.